The molecule has 0 aromatic carbocycles. The molecule has 6 heteroatoms. The van der Waals surface area contributed by atoms with Gasteiger partial charge in [0.25, 0.3) is 0 Å². The number of rotatable bonds is 50. The number of nitrogens with one attached hydrogen (secondary N) is 1. The molecular weight excluding hydrogens is 767 g/mol. The van der Waals surface area contributed by atoms with Crippen molar-refractivity contribution < 1.29 is 24.5 Å². The monoisotopic (exact) mass is 874 g/mol. The average molecular weight is 874 g/mol. The fourth-order valence-electron chi connectivity index (χ4n) is 8.54. The number of unbranched alkanes of at least 4 members (excludes halogenated alkanes) is 34. The molecule has 0 bridgehead atoms. The molecule has 0 aliphatic carbocycles. The van der Waals surface area contributed by atoms with Gasteiger partial charge in [0.05, 0.1) is 25.2 Å². The highest BCUT2D eigenvalue weighted by Crippen LogP contribution is 2.18. The van der Waals surface area contributed by atoms with Crippen LogP contribution in [-0.4, -0.2) is 46.9 Å². The van der Waals surface area contributed by atoms with Crippen LogP contribution in [0.25, 0.3) is 0 Å². The topological polar surface area (TPSA) is 95.9 Å². The van der Waals surface area contributed by atoms with Crippen LogP contribution in [0.2, 0.25) is 0 Å². The number of amides is 1. The van der Waals surface area contributed by atoms with Crippen molar-refractivity contribution in [2.24, 2.45) is 0 Å². The summed E-state index contributed by atoms with van der Waals surface area (Å²) in [4.78, 5) is 26.2. The molecule has 0 fully saturated rings. The number of allylic oxidation sites excluding steroid dienone is 4. The van der Waals surface area contributed by atoms with Crippen LogP contribution in [0.5, 0.6) is 0 Å². The Morgan fingerprint density at radius 3 is 1.19 bits per heavy atom. The molecule has 0 saturated heterocycles. The summed E-state index contributed by atoms with van der Waals surface area (Å²) in [5.41, 5.74) is 0. The first-order valence-electron chi connectivity index (χ1n) is 27.6. The fourth-order valence-corrected chi connectivity index (χ4v) is 8.54. The Labute approximate surface area is 386 Å². The number of ether oxygens (including phenoxy) is 1. The van der Waals surface area contributed by atoms with Crippen molar-refractivity contribution in [1.29, 1.82) is 0 Å². The van der Waals surface area contributed by atoms with Gasteiger partial charge < -0.3 is 20.3 Å². The zero-order valence-corrected chi connectivity index (χ0v) is 41.8. The average Bonchev–Trinajstić information content (AvgIpc) is 3.26. The van der Waals surface area contributed by atoms with E-state index in [0.717, 1.165) is 64.2 Å². The Balaban J connectivity index is 4.55. The molecule has 0 rings (SSSR count). The maximum Gasteiger partial charge on any atom is 0.306 e. The molecule has 0 heterocycles. The lowest BCUT2D eigenvalue weighted by Gasteiger charge is -2.24. The highest BCUT2D eigenvalue weighted by molar-refractivity contribution is 5.77. The zero-order chi connectivity index (χ0) is 45.2. The second-order valence-electron chi connectivity index (χ2n) is 19.0. The first-order valence-corrected chi connectivity index (χ1v) is 27.6. The molecule has 3 unspecified atom stereocenters. The maximum atomic E-state index is 13.2. The third-order valence-electron chi connectivity index (χ3n) is 12.8. The summed E-state index contributed by atoms with van der Waals surface area (Å²) in [7, 11) is 0. The number of aliphatic hydroxyl groups excluding tert-OH is 2. The minimum atomic E-state index is -0.790. The standard InChI is InChI=1S/C56H107NO5/c1-4-7-10-13-16-19-22-25-27-29-30-32-35-38-41-44-47-52(62-56(61)49-46-43-40-37-34-24-21-18-15-12-9-6-3)50-55(60)57-53(51-58)54(59)48-45-42-39-36-33-31-28-26-23-20-17-14-11-8-5-2/h18,21,30,32,52-54,58-59H,4-17,19-20,22-29,31,33-51H2,1-3H3,(H,57,60)/b21-18-,32-30+. The van der Waals surface area contributed by atoms with Gasteiger partial charge in [0.1, 0.15) is 6.10 Å². The number of hydrogen-bond acceptors (Lipinski definition) is 5. The van der Waals surface area contributed by atoms with E-state index in [2.05, 4.69) is 50.4 Å². The number of carbonyl (C=O) groups is 2. The summed E-state index contributed by atoms with van der Waals surface area (Å²) in [6.45, 7) is 6.48. The van der Waals surface area contributed by atoms with Crippen LogP contribution >= 0.6 is 0 Å². The van der Waals surface area contributed by atoms with Gasteiger partial charge >= 0.3 is 5.97 Å². The molecule has 0 saturated carbocycles. The van der Waals surface area contributed by atoms with E-state index in [1.807, 2.05) is 0 Å². The van der Waals surface area contributed by atoms with E-state index in [4.69, 9.17) is 4.74 Å². The van der Waals surface area contributed by atoms with Crippen molar-refractivity contribution >= 4 is 11.9 Å². The summed E-state index contributed by atoms with van der Waals surface area (Å²) < 4.78 is 5.93. The second kappa shape index (κ2) is 50.3. The molecule has 0 aromatic heterocycles. The molecule has 1 amide bonds. The number of esters is 1. The van der Waals surface area contributed by atoms with Crippen LogP contribution in [-0.2, 0) is 14.3 Å². The summed E-state index contributed by atoms with van der Waals surface area (Å²) in [5.74, 6) is -0.486. The summed E-state index contributed by atoms with van der Waals surface area (Å²) in [6.07, 6.45) is 58.1. The van der Waals surface area contributed by atoms with Crippen molar-refractivity contribution in [1.82, 2.24) is 5.32 Å². The van der Waals surface area contributed by atoms with Crippen LogP contribution in [0.4, 0.5) is 0 Å². The minimum absolute atomic E-state index is 0.0680. The van der Waals surface area contributed by atoms with Gasteiger partial charge in [-0.1, -0.05) is 231 Å². The summed E-state index contributed by atoms with van der Waals surface area (Å²) in [5, 5.41) is 23.8. The molecule has 0 radical (unpaired) electrons. The van der Waals surface area contributed by atoms with Gasteiger partial charge in [0.15, 0.2) is 0 Å². The van der Waals surface area contributed by atoms with Crippen LogP contribution in [0.1, 0.15) is 297 Å². The lowest BCUT2D eigenvalue weighted by Crippen LogP contribution is -2.46. The van der Waals surface area contributed by atoms with Gasteiger partial charge in [-0.25, -0.2) is 0 Å². The normalized spacial score (nSPS) is 13.3. The third kappa shape index (κ3) is 44.9. The molecule has 62 heavy (non-hydrogen) atoms. The van der Waals surface area contributed by atoms with Gasteiger partial charge in [-0.05, 0) is 77.0 Å². The maximum absolute atomic E-state index is 13.2. The van der Waals surface area contributed by atoms with E-state index >= 15 is 0 Å². The van der Waals surface area contributed by atoms with Crippen molar-refractivity contribution in [2.45, 2.75) is 315 Å². The largest absolute Gasteiger partial charge is 0.462 e. The molecule has 0 aliphatic heterocycles. The van der Waals surface area contributed by atoms with Gasteiger partial charge in [-0.3, -0.25) is 9.59 Å². The van der Waals surface area contributed by atoms with Crippen LogP contribution < -0.4 is 5.32 Å². The Morgan fingerprint density at radius 1 is 0.452 bits per heavy atom. The van der Waals surface area contributed by atoms with Gasteiger partial charge in [0, 0.05) is 6.42 Å². The number of aliphatic hydroxyl groups is 2. The molecule has 3 N–H and O–H groups in total. The lowest BCUT2D eigenvalue weighted by molar-refractivity contribution is -0.151. The van der Waals surface area contributed by atoms with Crippen molar-refractivity contribution in [3.63, 3.8) is 0 Å². The second-order valence-corrected chi connectivity index (χ2v) is 19.0. The first kappa shape index (κ1) is 60.3. The molecule has 366 valence electrons. The highest BCUT2D eigenvalue weighted by Gasteiger charge is 2.24. The predicted octanol–water partition coefficient (Wildman–Crippen LogP) is 16.7. The zero-order valence-electron chi connectivity index (χ0n) is 41.8. The summed E-state index contributed by atoms with van der Waals surface area (Å²) >= 11 is 0. The van der Waals surface area contributed by atoms with E-state index < -0.39 is 18.2 Å². The molecule has 0 aromatic rings. The van der Waals surface area contributed by atoms with Crippen LogP contribution in [0.15, 0.2) is 24.3 Å². The number of carbonyl (C=O) groups excluding carboxylic acids is 2. The van der Waals surface area contributed by atoms with Gasteiger partial charge in [-0.15, -0.1) is 0 Å². The van der Waals surface area contributed by atoms with Crippen LogP contribution in [0, 0.1) is 0 Å². The Kier molecular flexibility index (Phi) is 49.0. The quantitative estimate of drug-likeness (QED) is 0.0321. The molecular formula is C56H107NO5. The predicted molar refractivity (Wildman–Crippen MR) is 269 cm³/mol. The number of hydrogen-bond donors (Lipinski definition) is 3. The molecule has 0 spiro atoms. The Morgan fingerprint density at radius 2 is 0.774 bits per heavy atom. The van der Waals surface area contributed by atoms with Crippen molar-refractivity contribution in [2.75, 3.05) is 6.61 Å². The first-order chi connectivity index (χ1) is 30.5. The van der Waals surface area contributed by atoms with Gasteiger partial charge in [0.2, 0.25) is 5.91 Å². The lowest BCUT2D eigenvalue weighted by atomic mass is 10.0. The van der Waals surface area contributed by atoms with Crippen molar-refractivity contribution in [3.05, 3.63) is 24.3 Å². The summed E-state index contributed by atoms with van der Waals surface area (Å²) in [6, 6.07) is -0.704. The molecule has 0 aliphatic rings. The van der Waals surface area contributed by atoms with E-state index in [9.17, 15) is 19.8 Å². The van der Waals surface area contributed by atoms with E-state index in [-0.39, 0.29) is 24.9 Å². The van der Waals surface area contributed by atoms with Crippen LogP contribution in [0.3, 0.4) is 0 Å². The van der Waals surface area contributed by atoms with E-state index in [1.54, 1.807) is 0 Å². The Bertz CT molecular complexity index is 981. The van der Waals surface area contributed by atoms with Gasteiger partial charge in [-0.2, -0.15) is 0 Å². The SMILES string of the molecule is CCCCC/C=C\CCCCCCCC(=O)OC(CCCCC/C=C/CCCCCCCCCCC)CC(=O)NC(CO)C(O)CCCCCCCCCCCCCCCCC. The third-order valence-corrected chi connectivity index (χ3v) is 12.8. The minimum Gasteiger partial charge on any atom is -0.462 e. The molecule has 6 nitrogen and oxygen atoms in total. The van der Waals surface area contributed by atoms with Crippen molar-refractivity contribution in [3.8, 4) is 0 Å². The smallest absolute Gasteiger partial charge is 0.306 e. The molecule has 3 atom stereocenters. The van der Waals surface area contributed by atoms with E-state index in [0.29, 0.717) is 19.3 Å². The van der Waals surface area contributed by atoms with E-state index in [1.165, 1.54) is 186 Å². The highest BCUT2D eigenvalue weighted by atomic mass is 16.5. The fraction of sp³-hybridized carbons (Fsp3) is 0.893. The Hall–Kier alpha value is -1.66.